The average Bonchev–Trinajstić information content (AvgIpc) is 2.16. The van der Waals surface area contributed by atoms with Crippen LogP contribution in [0.1, 0.15) is 5.56 Å². The molecule has 0 saturated heterocycles. The van der Waals surface area contributed by atoms with E-state index in [1.807, 2.05) is 0 Å². The van der Waals surface area contributed by atoms with Gasteiger partial charge in [0.05, 0.1) is 4.92 Å². The van der Waals surface area contributed by atoms with Crippen LogP contribution in [0.5, 0.6) is 0 Å². The zero-order valence-corrected chi connectivity index (χ0v) is 8.65. The van der Waals surface area contributed by atoms with Crippen molar-refractivity contribution in [3.8, 4) is 0 Å². The van der Waals surface area contributed by atoms with E-state index in [1.54, 1.807) is 0 Å². The third-order valence-electron chi connectivity index (χ3n) is 1.66. The van der Waals surface area contributed by atoms with Gasteiger partial charge in [0, 0.05) is 17.7 Å². The van der Waals surface area contributed by atoms with Crippen molar-refractivity contribution in [2.24, 2.45) is 0 Å². The minimum absolute atomic E-state index is 0.0106. The number of rotatable bonds is 3. The first-order valence-corrected chi connectivity index (χ1v) is 4.45. The molecule has 0 aromatic heterocycles. The normalized spacial score (nSPS) is 9.50. The maximum absolute atomic E-state index is 10.8. The summed E-state index contributed by atoms with van der Waals surface area (Å²) in [5.41, 5.74) is 0.834. The number of halogens is 1. The predicted octanol–water partition coefficient (Wildman–Crippen LogP) is 2.53. The third kappa shape index (κ3) is 2.26. The summed E-state index contributed by atoms with van der Waals surface area (Å²) in [5, 5.41) is 10.3. The molecule has 0 unspecified atom stereocenters. The van der Waals surface area contributed by atoms with Crippen molar-refractivity contribution in [3.05, 3.63) is 46.5 Å². The second-order valence-corrected chi connectivity index (χ2v) is 3.28. The van der Waals surface area contributed by atoms with E-state index in [9.17, 15) is 14.9 Å². The summed E-state index contributed by atoms with van der Waals surface area (Å²) in [6, 6.07) is 5.63. The Morgan fingerprint density at radius 3 is 2.21 bits per heavy atom. The highest BCUT2D eigenvalue weighted by molar-refractivity contribution is 9.18. The molecule has 5 heteroatoms. The number of hydrogen-bond donors (Lipinski definition) is 0. The maximum atomic E-state index is 10.8. The topological polar surface area (TPSA) is 60.2 Å². The van der Waals surface area contributed by atoms with Crippen molar-refractivity contribution in [2.75, 3.05) is 0 Å². The predicted molar refractivity (Wildman–Crippen MR) is 56.1 cm³/mol. The average molecular weight is 256 g/mol. The maximum Gasteiger partial charge on any atom is 0.269 e. The number of non-ortho nitro benzene ring substituents is 1. The Kier molecular flexibility index (Phi) is 3.14. The van der Waals surface area contributed by atoms with E-state index >= 15 is 0 Å². The molecule has 0 bridgehead atoms. The summed E-state index contributed by atoms with van der Waals surface area (Å²) in [7, 11) is 0. The molecule has 0 saturated carbocycles. The number of nitro groups is 1. The molecule has 0 aliphatic carbocycles. The van der Waals surface area contributed by atoms with Crippen molar-refractivity contribution in [3.63, 3.8) is 0 Å². The van der Waals surface area contributed by atoms with Crippen LogP contribution in [-0.4, -0.2) is 9.62 Å². The molecule has 14 heavy (non-hydrogen) atoms. The van der Waals surface area contributed by atoms with Crippen molar-refractivity contribution >= 4 is 31.9 Å². The van der Waals surface area contributed by atoms with Gasteiger partial charge in [-0.25, -0.2) is 0 Å². The first-order chi connectivity index (χ1) is 6.52. The third-order valence-corrected chi connectivity index (χ3v) is 2.14. The molecule has 0 atom stereocenters. The molecule has 0 amide bonds. The van der Waals surface area contributed by atoms with Crippen LogP contribution in [0.3, 0.4) is 0 Å². The second kappa shape index (κ2) is 4.15. The number of allylic oxidation sites excluding steroid dienone is 1. The van der Waals surface area contributed by atoms with E-state index in [0.29, 0.717) is 5.56 Å². The molecule has 4 nitrogen and oxygen atoms in total. The van der Waals surface area contributed by atoms with Crippen molar-refractivity contribution in [1.29, 1.82) is 0 Å². The monoisotopic (exact) mass is 255 g/mol. The van der Waals surface area contributed by atoms with Crippen LogP contribution >= 0.6 is 15.9 Å². The fraction of sp³-hybridized carbons (Fsp3) is 0. The number of carbonyl (C=O) groups excluding carboxylic acids is 1. The summed E-state index contributed by atoms with van der Waals surface area (Å²) in [6.45, 7) is 3.53. The van der Waals surface area contributed by atoms with E-state index in [2.05, 4.69) is 22.5 Å². The van der Waals surface area contributed by atoms with Gasteiger partial charge in [-0.2, -0.15) is 0 Å². The summed E-state index contributed by atoms with van der Waals surface area (Å²) >= 11 is 2.75. The first kappa shape index (κ1) is 10.6. The van der Waals surface area contributed by atoms with Crippen LogP contribution in [0.4, 0.5) is 5.69 Å². The zero-order valence-electron chi connectivity index (χ0n) is 7.07. The van der Waals surface area contributed by atoms with Gasteiger partial charge in [0.2, 0.25) is 4.69 Å². The second-order valence-electron chi connectivity index (χ2n) is 2.56. The van der Waals surface area contributed by atoms with Crippen LogP contribution in [0.2, 0.25) is 0 Å². The Bertz CT molecular complexity index is 397. The lowest BCUT2D eigenvalue weighted by Gasteiger charge is -1.99. The standard InChI is InChI=1S/C9H6BrNO3/c1-6(9(10)12)7-2-4-8(5-3-7)11(13)14/h2-5H,1H2. The molecule has 0 fully saturated rings. The minimum atomic E-state index is -0.498. The van der Waals surface area contributed by atoms with Gasteiger partial charge in [0.1, 0.15) is 0 Å². The molecule has 72 valence electrons. The summed E-state index contributed by atoms with van der Waals surface area (Å²) in [6.07, 6.45) is 0. The summed E-state index contributed by atoms with van der Waals surface area (Å²) in [4.78, 5) is 20.7. The fourth-order valence-corrected chi connectivity index (χ4v) is 1.13. The minimum Gasteiger partial charge on any atom is -0.281 e. The molecule has 0 aliphatic heterocycles. The number of nitro benzene ring substituents is 1. The lowest BCUT2D eigenvalue weighted by Crippen LogP contribution is -1.92. The molecule has 1 aromatic carbocycles. The van der Waals surface area contributed by atoms with Gasteiger partial charge in [-0.15, -0.1) is 0 Å². The number of hydrogen-bond acceptors (Lipinski definition) is 3. The van der Waals surface area contributed by atoms with E-state index in [4.69, 9.17) is 0 Å². The van der Waals surface area contributed by atoms with E-state index < -0.39 is 4.92 Å². The summed E-state index contributed by atoms with van der Waals surface area (Å²) < 4.78 is -0.327. The Morgan fingerprint density at radius 2 is 1.86 bits per heavy atom. The molecule has 0 aliphatic rings. The van der Waals surface area contributed by atoms with Crippen molar-refractivity contribution in [2.45, 2.75) is 0 Å². The Hall–Kier alpha value is -1.49. The van der Waals surface area contributed by atoms with E-state index in [0.717, 1.165) is 0 Å². The molecule has 1 rings (SSSR count). The lowest BCUT2D eigenvalue weighted by molar-refractivity contribution is -0.384. The van der Waals surface area contributed by atoms with Crippen LogP contribution in [0, 0.1) is 10.1 Å². The van der Waals surface area contributed by atoms with Crippen LogP contribution in [0.15, 0.2) is 30.8 Å². The zero-order chi connectivity index (χ0) is 10.7. The van der Waals surface area contributed by atoms with Gasteiger partial charge >= 0.3 is 0 Å². The van der Waals surface area contributed by atoms with Crippen molar-refractivity contribution in [1.82, 2.24) is 0 Å². The van der Waals surface area contributed by atoms with Crippen LogP contribution < -0.4 is 0 Å². The molecule has 1 aromatic rings. The van der Waals surface area contributed by atoms with E-state index in [1.165, 1.54) is 24.3 Å². The smallest absolute Gasteiger partial charge is 0.269 e. The van der Waals surface area contributed by atoms with E-state index in [-0.39, 0.29) is 16.0 Å². The quantitative estimate of drug-likeness (QED) is 0.361. The fourth-order valence-electron chi connectivity index (χ4n) is 0.898. The first-order valence-electron chi connectivity index (χ1n) is 3.66. The molecule has 0 N–H and O–H groups in total. The Balaban J connectivity index is 3.00. The highest BCUT2D eigenvalue weighted by Gasteiger charge is 2.08. The molecular formula is C9H6BrNO3. The van der Waals surface area contributed by atoms with Gasteiger partial charge in [0.25, 0.3) is 5.69 Å². The number of benzene rings is 1. The van der Waals surface area contributed by atoms with Gasteiger partial charge < -0.3 is 0 Å². The lowest BCUT2D eigenvalue weighted by atomic mass is 10.1. The molecule has 0 spiro atoms. The van der Waals surface area contributed by atoms with Gasteiger partial charge in [-0.05, 0) is 33.6 Å². The van der Waals surface area contributed by atoms with Crippen LogP contribution in [-0.2, 0) is 4.79 Å². The number of carbonyl (C=O) groups is 1. The van der Waals surface area contributed by atoms with Gasteiger partial charge in [0.15, 0.2) is 0 Å². The van der Waals surface area contributed by atoms with Gasteiger partial charge in [-0.1, -0.05) is 6.58 Å². The largest absolute Gasteiger partial charge is 0.281 e. The highest BCUT2D eigenvalue weighted by Crippen LogP contribution is 2.19. The SMILES string of the molecule is C=C(C(=O)Br)c1ccc([N+](=O)[O-])cc1. The molecule has 0 heterocycles. The molecular weight excluding hydrogens is 250 g/mol. The van der Waals surface area contributed by atoms with Crippen molar-refractivity contribution < 1.29 is 9.72 Å². The number of nitrogens with zero attached hydrogens (tertiary/aromatic N) is 1. The van der Waals surface area contributed by atoms with Crippen LogP contribution in [0.25, 0.3) is 5.57 Å². The highest BCUT2D eigenvalue weighted by atomic mass is 79.9. The molecule has 0 radical (unpaired) electrons. The van der Waals surface area contributed by atoms with Gasteiger partial charge in [-0.3, -0.25) is 14.9 Å². The summed E-state index contributed by atoms with van der Waals surface area (Å²) in [5.74, 6) is 0. The Morgan fingerprint density at radius 1 is 1.36 bits per heavy atom. The Labute approximate surface area is 88.5 Å².